The van der Waals surface area contributed by atoms with Crippen LogP contribution in [0.5, 0.6) is 0 Å². The minimum Gasteiger partial charge on any atom is -0.342 e. The molecule has 0 radical (unpaired) electrons. The van der Waals surface area contributed by atoms with Crippen molar-refractivity contribution in [3.63, 3.8) is 0 Å². The molecule has 0 aromatic heterocycles. The largest absolute Gasteiger partial charge is 0.471 e. The number of carbonyl (C=O) groups excluding carboxylic acids is 4. The van der Waals surface area contributed by atoms with Crippen LogP contribution in [0.25, 0.3) is 4.85 Å². The first-order valence-electron chi connectivity index (χ1n) is 12.4. The molecule has 12 heteroatoms. The Morgan fingerprint density at radius 1 is 1.21 bits per heavy atom. The first-order chi connectivity index (χ1) is 17.6. The molecular weight excluding hydrogens is 503 g/mol. The van der Waals surface area contributed by atoms with Crippen molar-refractivity contribution in [1.82, 2.24) is 15.5 Å². The van der Waals surface area contributed by atoms with E-state index in [1.807, 2.05) is 0 Å². The van der Waals surface area contributed by atoms with Gasteiger partial charge < -0.3 is 16.0 Å². The summed E-state index contributed by atoms with van der Waals surface area (Å²) in [6.45, 7) is 13.6. The maximum atomic E-state index is 13.9. The Bertz CT molecular complexity index is 1170. The lowest BCUT2D eigenvalue weighted by molar-refractivity contribution is -0.175. The molecule has 0 saturated carbocycles. The fourth-order valence-corrected chi connectivity index (χ4v) is 4.96. The number of amides is 4. The summed E-state index contributed by atoms with van der Waals surface area (Å²) in [7, 11) is 0. The van der Waals surface area contributed by atoms with Gasteiger partial charge in [-0.15, -0.1) is 0 Å². The Kier molecular flexibility index (Phi) is 7.82. The first kappa shape index (κ1) is 28.9. The van der Waals surface area contributed by atoms with E-state index in [0.717, 1.165) is 0 Å². The maximum Gasteiger partial charge on any atom is 0.471 e. The Balaban J connectivity index is 1.91. The average molecular weight is 537 g/mol. The van der Waals surface area contributed by atoms with Crippen LogP contribution in [0, 0.1) is 17.9 Å². The van der Waals surface area contributed by atoms with Crippen LogP contribution in [0.1, 0.15) is 53.0 Å². The summed E-state index contributed by atoms with van der Waals surface area (Å²) >= 11 is 0. The molecule has 2 heterocycles. The van der Waals surface area contributed by atoms with Gasteiger partial charge in [-0.05, 0) is 23.0 Å². The number of likely N-dealkylation sites (tertiary alicyclic amines) is 1. The molecule has 9 nitrogen and oxygen atoms in total. The van der Waals surface area contributed by atoms with Crippen molar-refractivity contribution in [2.24, 2.45) is 11.3 Å². The van der Waals surface area contributed by atoms with Gasteiger partial charge in [-0.1, -0.05) is 64.1 Å². The van der Waals surface area contributed by atoms with Crippen LogP contribution in [-0.2, 0) is 24.6 Å². The minimum atomic E-state index is -5.19. The second kappa shape index (κ2) is 10.3. The average Bonchev–Trinajstić information content (AvgIpc) is 3.36. The van der Waals surface area contributed by atoms with Crippen molar-refractivity contribution in [2.45, 2.75) is 77.3 Å². The second-order valence-corrected chi connectivity index (χ2v) is 11.0. The lowest BCUT2D eigenvalue weighted by atomic mass is 9.80. The van der Waals surface area contributed by atoms with Gasteiger partial charge in [0.1, 0.15) is 17.5 Å². The van der Waals surface area contributed by atoms with Gasteiger partial charge in [0.2, 0.25) is 11.8 Å². The molecule has 1 saturated heterocycles. The summed E-state index contributed by atoms with van der Waals surface area (Å²) in [6.07, 6.45) is -5.48. The van der Waals surface area contributed by atoms with E-state index in [-0.39, 0.29) is 18.9 Å². The van der Waals surface area contributed by atoms with Gasteiger partial charge >= 0.3 is 18.2 Å². The van der Waals surface area contributed by atoms with Gasteiger partial charge in [-0.2, -0.15) is 13.2 Å². The zero-order chi connectivity index (χ0) is 28.6. The smallest absolute Gasteiger partial charge is 0.342 e. The third-order valence-corrected chi connectivity index (χ3v) is 7.35. The van der Waals surface area contributed by atoms with Crippen LogP contribution in [0.15, 0.2) is 24.3 Å². The molecule has 1 aromatic carbocycles. The molecule has 0 unspecified atom stereocenters. The van der Waals surface area contributed by atoms with Crippen LogP contribution in [0.4, 0.5) is 18.9 Å². The summed E-state index contributed by atoms with van der Waals surface area (Å²) in [4.78, 5) is 57.0. The number of nitrogens with zero attached hydrogens (tertiary/aromatic N) is 2. The molecule has 5 atom stereocenters. The predicted molar refractivity (Wildman–Crippen MR) is 134 cm³/mol. The third-order valence-electron chi connectivity index (χ3n) is 7.35. The van der Waals surface area contributed by atoms with Crippen molar-refractivity contribution in [3.05, 3.63) is 34.7 Å². The van der Waals surface area contributed by atoms with Crippen molar-refractivity contribution >= 4 is 29.3 Å². The highest BCUT2D eigenvalue weighted by atomic mass is 19.4. The Morgan fingerprint density at radius 3 is 2.39 bits per heavy atom. The molecule has 0 bridgehead atoms. The number of hydrogen-bond acceptors (Lipinski definition) is 4. The zero-order valence-electron chi connectivity index (χ0n) is 22.0. The van der Waals surface area contributed by atoms with Gasteiger partial charge in [0.25, 0.3) is 12.5 Å². The van der Waals surface area contributed by atoms with Crippen molar-refractivity contribution in [3.8, 4) is 6.57 Å². The van der Waals surface area contributed by atoms with Crippen LogP contribution < -0.4 is 16.0 Å². The Morgan fingerprint density at radius 2 is 1.84 bits per heavy atom. The number of nitrogens with one attached hydrogen (secondary N) is 3. The second-order valence-electron chi connectivity index (χ2n) is 11.0. The molecule has 2 aliphatic rings. The van der Waals surface area contributed by atoms with E-state index in [0.29, 0.717) is 17.7 Å². The van der Waals surface area contributed by atoms with Gasteiger partial charge in [-0.25, -0.2) is 0 Å². The lowest BCUT2D eigenvalue weighted by Gasteiger charge is -2.34. The summed E-state index contributed by atoms with van der Waals surface area (Å²) in [5.41, 5.74) is -0.853. The Hall–Kier alpha value is -3.62. The van der Waals surface area contributed by atoms with E-state index in [1.54, 1.807) is 43.4 Å². The molecular formula is C26H33F3N5O4+. The molecule has 1 fully saturated rings. The number of halogens is 3. The number of benzene rings is 1. The quantitative estimate of drug-likeness (QED) is 0.519. The van der Waals surface area contributed by atoms with Crippen LogP contribution in [-0.4, -0.2) is 59.5 Å². The summed E-state index contributed by atoms with van der Waals surface area (Å²) in [5, 5.41) is 7.15. The highest BCUT2D eigenvalue weighted by Crippen LogP contribution is 2.46. The van der Waals surface area contributed by atoms with Gasteiger partial charge in [0.15, 0.2) is 0 Å². The number of para-hydroxylation sites is 1. The molecule has 2 aliphatic heterocycles. The van der Waals surface area contributed by atoms with Crippen molar-refractivity contribution < 1.29 is 32.3 Å². The third kappa shape index (κ3) is 5.33. The predicted octanol–water partition coefficient (Wildman–Crippen LogP) is 3.02. The monoisotopic (exact) mass is 536 g/mol. The van der Waals surface area contributed by atoms with Crippen LogP contribution >= 0.6 is 0 Å². The van der Waals surface area contributed by atoms with E-state index >= 15 is 0 Å². The zero-order valence-corrected chi connectivity index (χ0v) is 22.0. The number of carbonyl (C=O) groups is 4. The van der Waals surface area contributed by atoms with E-state index < -0.39 is 58.9 Å². The first-order valence-corrected chi connectivity index (χ1v) is 12.4. The molecule has 3 N–H and O–H groups in total. The van der Waals surface area contributed by atoms with E-state index in [2.05, 4.69) is 15.5 Å². The molecule has 4 amide bonds. The fraction of sp³-hybridized carbons (Fsp3) is 0.577. The number of fused-ring (bicyclic) bond motifs is 2. The number of anilines is 1. The summed E-state index contributed by atoms with van der Waals surface area (Å²) in [6, 6.07) is 4.36. The molecule has 1 aromatic rings. The molecule has 0 aliphatic carbocycles. The molecule has 38 heavy (non-hydrogen) atoms. The maximum absolute atomic E-state index is 13.9. The highest BCUT2D eigenvalue weighted by Gasteiger charge is 2.60. The minimum absolute atomic E-state index is 0.0453. The number of hydrogen-bond donors (Lipinski definition) is 3. The summed E-state index contributed by atoms with van der Waals surface area (Å²) < 4.78 is 38.8. The molecule has 1 spiro atoms. The van der Waals surface area contributed by atoms with E-state index in [1.165, 1.54) is 25.7 Å². The molecule has 3 rings (SSSR count). The SMILES string of the molecule is C#[N+][C@@H]1C[C@@]2(CN1C(=O)[C@@H](NC(=O)[C@@H](NC(=O)C(F)(F)F)C(C)(C)C)[C@@H](C)CC)C(=O)Nc1ccccc12. The van der Waals surface area contributed by atoms with Gasteiger partial charge in [0, 0.05) is 12.2 Å². The van der Waals surface area contributed by atoms with Crippen LogP contribution in [0.3, 0.4) is 0 Å². The standard InChI is InChI=1S/C26H32F3N5O4/c1-7-14(2)18(32-20(35)19(24(3,4)5)33-23(38)26(27,28)29)21(36)34-13-25(12-17(34)30-6)15-10-8-9-11-16(15)31-22(25)37/h6,8-11,14,17-19H,7,12-13H2,1-5H3,(H2-,31,32,33,35,37,38)/p+1/t14-,17-,18-,19+,25-/m0/s1. The Labute approximate surface area is 219 Å². The van der Waals surface area contributed by atoms with E-state index in [4.69, 9.17) is 6.57 Å². The van der Waals surface area contributed by atoms with E-state index in [9.17, 15) is 32.3 Å². The van der Waals surface area contributed by atoms with Crippen molar-refractivity contribution in [2.75, 3.05) is 11.9 Å². The number of alkyl halides is 3. The normalized spacial score (nSPS) is 23.2. The fourth-order valence-electron chi connectivity index (χ4n) is 4.96. The number of rotatable bonds is 6. The van der Waals surface area contributed by atoms with Gasteiger partial charge in [-0.3, -0.25) is 24.1 Å². The van der Waals surface area contributed by atoms with Gasteiger partial charge in [0.05, 0.1) is 6.42 Å². The topological polar surface area (TPSA) is 112 Å². The van der Waals surface area contributed by atoms with Crippen LogP contribution in [0.2, 0.25) is 0 Å². The lowest BCUT2D eigenvalue weighted by Crippen LogP contribution is -2.61. The molecule has 206 valence electrons. The highest BCUT2D eigenvalue weighted by molar-refractivity contribution is 6.07. The van der Waals surface area contributed by atoms with Crippen molar-refractivity contribution in [1.29, 1.82) is 0 Å². The summed E-state index contributed by atoms with van der Waals surface area (Å²) in [5.74, 6) is -4.50.